The molecule has 1 aliphatic heterocycles. The number of hydrogen-bond donors (Lipinski definition) is 2. The van der Waals surface area contributed by atoms with Gasteiger partial charge in [-0.25, -0.2) is 14.6 Å². The average molecular weight is 301 g/mol. The maximum Gasteiger partial charge on any atom is 0.181 e. The van der Waals surface area contributed by atoms with Crippen molar-refractivity contribution in [1.29, 1.82) is 0 Å². The number of nitrogens with two attached hydrogens (primary N) is 1. The molecule has 3 N–H and O–H groups in total. The number of hydrogen-bond acceptors (Lipinski definition) is 6. The quantitative estimate of drug-likeness (QED) is 0.838. The molecule has 118 valence electrons. The van der Waals surface area contributed by atoms with Crippen molar-refractivity contribution < 1.29 is 0 Å². The summed E-state index contributed by atoms with van der Waals surface area (Å²) in [5.41, 5.74) is 6.69. The number of nitrogens with zero attached hydrogens (tertiary/aromatic N) is 5. The first-order chi connectivity index (χ1) is 10.7. The molecule has 0 unspecified atom stereocenters. The molecular formula is C15H23N7. The van der Waals surface area contributed by atoms with E-state index in [4.69, 9.17) is 5.73 Å². The molecule has 0 spiro atoms. The first-order valence-corrected chi connectivity index (χ1v) is 7.81. The smallest absolute Gasteiger partial charge is 0.181 e. The van der Waals surface area contributed by atoms with E-state index in [1.165, 1.54) is 32.3 Å². The summed E-state index contributed by atoms with van der Waals surface area (Å²) in [7, 11) is 0. The van der Waals surface area contributed by atoms with Gasteiger partial charge in [-0.05, 0) is 37.9 Å². The summed E-state index contributed by atoms with van der Waals surface area (Å²) in [5, 5.41) is 7.51. The Morgan fingerprint density at radius 1 is 1.32 bits per heavy atom. The monoisotopic (exact) mass is 301 g/mol. The van der Waals surface area contributed by atoms with Crippen LogP contribution in [0.25, 0.3) is 5.82 Å². The largest absolute Gasteiger partial charge is 0.393 e. The van der Waals surface area contributed by atoms with Gasteiger partial charge in [-0.1, -0.05) is 6.92 Å². The zero-order chi connectivity index (χ0) is 15.4. The van der Waals surface area contributed by atoms with Crippen LogP contribution in [0.1, 0.15) is 19.8 Å². The van der Waals surface area contributed by atoms with Crippen LogP contribution in [0.15, 0.2) is 24.8 Å². The zero-order valence-corrected chi connectivity index (χ0v) is 12.9. The van der Waals surface area contributed by atoms with Crippen LogP contribution in [0.3, 0.4) is 0 Å². The molecule has 0 saturated carbocycles. The number of anilines is 2. The van der Waals surface area contributed by atoms with Crippen LogP contribution in [0.5, 0.6) is 0 Å². The van der Waals surface area contributed by atoms with Gasteiger partial charge in [0.25, 0.3) is 0 Å². The summed E-state index contributed by atoms with van der Waals surface area (Å²) in [6.45, 7) is 6.66. The van der Waals surface area contributed by atoms with Crippen molar-refractivity contribution in [1.82, 2.24) is 24.6 Å². The molecule has 3 heterocycles. The second-order valence-corrected chi connectivity index (χ2v) is 5.90. The molecular weight excluding hydrogens is 278 g/mol. The van der Waals surface area contributed by atoms with Gasteiger partial charge in [0.15, 0.2) is 11.6 Å². The Morgan fingerprint density at radius 3 is 2.86 bits per heavy atom. The van der Waals surface area contributed by atoms with Gasteiger partial charge >= 0.3 is 0 Å². The van der Waals surface area contributed by atoms with E-state index in [-0.39, 0.29) is 0 Å². The molecule has 2 aromatic rings. The molecule has 2 aromatic heterocycles. The molecule has 1 fully saturated rings. The molecule has 0 aromatic carbocycles. The van der Waals surface area contributed by atoms with Crippen LogP contribution in [0.2, 0.25) is 0 Å². The molecule has 3 rings (SSSR count). The van der Waals surface area contributed by atoms with E-state index in [1.54, 1.807) is 10.9 Å². The van der Waals surface area contributed by atoms with E-state index in [1.807, 2.05) is 12.3 Å². The Kier molecular flexibility index (Phi) is 4.53. The third-order valence-electron chi connectivity index (χ3n) is 3.97. The van der Waals surface area contributed by atoms with Crippen molar-refractivity contribution >= 4 is 11.5 Å². The van der Waals surface area contributed by atoms with Gasteiger partial charge < -0.3 is 16.0 Å². The third kappa shape index (κ3) is 3.36. The summed E-state index contributed by atoms with van der Waals surface area (Å²) in [6.07, 6.45) is 7.69. The first kappa shape index (κ1) is 14.8. The third-order valence-corrected chi connectivity index (χ3v) is 3.97. The lowest BCUT2D eigenvalue weighted by Crippen LogP contribution is -2.29. The summed E-state index contributed by atoms with van der Waals surface area (Å²) in [6, 6.07) is 1.84. The van der Waals surface area contributed by atoms with Crippen LogP contribution in [-0.2, 0) is 0 Å². The Bertz CT molecular complexity index is 590. The maximum absolute atomic E-state index is 6.17. The molecule has 0 amide bonds. The lowest BCUT2D eigenvalue weighted by molar-refractivity contribution is 0.294. The highest BCUT2D eigenvalue weighted by Crippen LogP contribution is 2.21. The summed E-state index contributed by atoms with van der Waals surface area (Å²) in [5.74, 6) is 1.82. The zero-order valence-electron chi connectivity index (χ0n) is 12.9. The van der Waals surface area contributed by atoms with E-state index in [0.717, 1.165) is 13.1 Å². The average Bonchev–Trinajstić information content (AvgIpc) is 3.19. The number of rotatable bonds is 6. The molecule has 1 saturated heterocycles. The maximum atomic E-state index is 6.17. The van der Waals surface area contributed by atoms with Crippen LogP contribution in [0.4, 0.5) is 11.5 Å². The lowest BCUT2D eigenvalue weighted by atomic mass is 10.1. The first-order valence-electron chi connectivity index (χ1n) is 7.81. The molecule has 7 nitrogen and oxygen atoms in total. The Morgan fingerprint density at radius 2 is 2.14 bits per heavy atom. The Hall–Kier alpha value is -2.15. The number of nitrogens with one attached hydrogen (secondary N) is 1. The fourth-order valence-corrected chi connectivity index (χ4v) is 2.85. The summed E-state index contributed by atoms with van der Waals surface area (Å²) >= 11 is 0. The number of nitrogen functional groups attached to an aromatic ring is 1. The van der Waals surface area contributed by atoms with E-state index in [0.29, 0.717) is 23.2 Å². The van der Waals surface area contributed by atoms with Gasteiger partial charge in [-0.3, -0.25) is 0 Å². The normalized spacial score (nSPS) is 16.8. The van der Waals surface area contributed by atoms with Gasteiger partial charge in [0.2, 0.25) is 0 Å². The van der Waals surface area contributed by atoms with E-state index >= 15 is 0 Å². The minimum Gasteiger partial charge on any atom is -0.393 e. The Balaban J connectivity index is 1.61. The topological polar surface area (TPSA) is 84.9 Å². The van der Waals surface area contributed by atoms with Gasteiger partial charge in [-0.2, -0.15) is 5.10 Å². The highest BCUT2D eigenvalue weighted by atomic mass is 15.3. The van der Waals surface area contributed by atoms with E-state index < -0.39 is 0 Å². The Labute approximate surface area is 130 Å². The van der Waals surface area contributed by atoms with Gasteiger partial charge in [0.05, 0.1) is 0 Å². The fourth-order valence-electron chi connectivity index (χ4n) is 2.85. The minimum absolute atomic E-state index is 0.527. The van der Waals surface area contributed by atoms with Crippen LogP contribution >= 0.6 is 0 Å². The number of aromatic nitrogens is 4. The second kappa shape index (κ2) is 6.74. The minimum atomic E-state index is 0.527. The van der Waals surface area contributed by atoms with Crippen molar-refractivity contribution in [2.45, 2.75) is 19.8 Å². The van der Waals surface area contributed by atoms with Crippen LogP contribution < -0.4 is 11.1 Å². The van der Waals surface area contributed by atoms with Crippen molar-refractivity contribution in [3.05, 3.63) is 24.8 Å². The second-order valence-electron chi connectivity index (χ2n) is 5.90. The van der Waals surface area contributed by atoms with Crippen molar-refractivity contribution in [2.75, 3.05) is 37.2 Å². The van der Waals surface area contributed by atoms with Gasteiger partial charge in [-0.15, -0.1) is 0 Å². The molecule has 22 heavy (non-hydrogen) atoms. The molecule has 0 radical (unpaired) electrons. The SMILES string of the molecule is C[C@H](CNc1ncnc(-n2cccn2)c1N)CN1CCCC1. The highest BCUT2D eigenvalue weighted by molar-refractivity contribution is 5.68. The molecule has 7 heteroatoms. The predicted molar refractivity (Wildman–Crippen MR) is 86.9 cm³/mol. The van der Waals surface area contributed by atoms with Crippen molar-refractivity contribution in [2.24, 2.45) is 5.92 Å². The van der Waals surface area contributed by atoms with Gasteiger partial charge in [0.1, 0.15) is 12.0 Å². The summed E-state index contributed by atoms with van der Waals surface area (Å²) < 4.78 is 1.65. The molecule has 1 atom stereocenters. The lowest BCUT2D eigenvalue weighted by Gasteiger charge is -2.21. The van der Waals surface area contributed by atoms with Crippen molar-refractivity contribution in [3.8, 4) is 5.82 Å². The molecule has 0 aliphatic carbocycles. The van der Waals surface area contributed by atoms with Crippen molar-refractivity contribution in [3.63, 3.8) is 0 Å². The van der Waals surface area contributed by atoms with E-state index in [9.17, 15) is 0 Å². The highest BCUT2D eigenvalue weighted by Gasteiger charge is 2.15. The van der Waals surface area contributed by atoms with E-state index in [2.05, 4.69) is 32.2 Å². The molecule has 0 bridgehead atoms. The standard InChI is InChI=1S/C15H23N7/c1-12(10-21-6-2-3-7-21)9-17-14-13(16)15(19-11-18-14)22-8-4-5-20-22/h4-5,8,11-12H,2-3,6-7,9-10,16H2,1H3,(H,17,18,19)/t12-/m1/s1. The van der Waals surface area contributed by atoms with Crippen LogP contribution in [-0.4, -0.2) is 50.8 Å². The molecule has 1 aliphatic rings. The van der Waals surface area contributed by atoms with Gasteiger partial charge in [0, 0.05) is 25.5 Å². The fraction of sp³-hybridized carbons (Fsp3) is 0.533. The van der Waals surface area contributed by atoms with Crippen LogP contribution in [0, 0.1) is 5.92 Å². The predicted octanol–water partition coefficient (Wildman–Crippen LogP) is 1.39. The number of likely N-dealkylation sites (tertiary alicyclic amines) is 1. The summed E-state index contributed by atoms with van der Waals surface area (Å²) in [4.78, 5) is 11.0.